The summed E-state index contributed by atoms with van der Waals surface area (Å²) in [5, 5.41) is 0. The van der Waals surface area contributed by atoms with Gasteiger partial charge >= 0.3 is 0 Å². The highest BCUT2D eigenvalue weighted by atomic mass is 19.2. The van der Waals surface area contributed by atoms with E-state index >= 15 is 0 Å². The summed E-state index contributed by atoms with van der Waals surface area (Å²) < 4.78 is 417. The Morgan fingerprint density at radius 2 is 0.351 bits per heavy atom. The Morgan fingerprint density at radius 3 is 0.468 bits per heavy atom. The summed E-state index contributed by atoms with van der Waals surface area (Å²) in [5.41, 5.74) is -16.1. The number of hydrogen-bond donors (Lipinski definition) is 1. The molecule has 1 aromatic heterocycles. The van der Waals surface area contributed by atoms with Gasteiger partial charge in [-0.2, -0.15) is 0 Å². The van der Waals surface area contributed by atoms with Crippen molar-refractivity contribution < 1.29 is 132 Å². The third-order valence-corrected chi connectivity index (χ3v) is 18.4. The number of hydrogen-bond acceptors (Lipinski definition) is 2. The molecular weight excluding hydrogens is 1550 g/mol. The molecule has 1 heterocycles. The highest BCUT2D eigenvalue weighted by Crippen LogP contribution is 2.28. The first-order valence-electron chi connectivity index (χ1n) is 36.3. The molecule has 7 aromatic rings. The van der Waals surface area contributed by atoms with Gasteiger partial charge in [0.05, 0.1) is 6.33 Å². The first-order valence-corrected chi connectivity index (χ1v) is 36.3. The first kappa shape index (κ1) is 95.9. The van der Waals surface area contributed by atoms with Crippen molar-refractivity contribution >= 4 is 46.2 Å². The van der Waals surface area contributed by atoms with Crippen molar-refractivity contribution in [2.24, 2.45) is 0 Å². The lowest BCUT2D eigenvalue weighted by Gasteiger charge is -2.21. The fourth-order valence-electron chi connectivity index (χ4n) is 12.3. The van der Waals surface area contributed by atoms with Crippen molar-refractivity contribution in [1.82, 2.24) is 14.9 Å². The van der Waals surface area contributed by atoms with Crippen LogP contribution < -0.4 is 32.8 Å². The van der Waals surface area contributed by atoms with Crippen LogP contribution in [0.25, 0.3) is 0 Å². The molecule has 0 unspecified atom stereocenters. The van der Waals surface area contributed by atoms with Gasteiger partial charge in [-0.05, 0) is 33.0 Å². The first-order chi connectivity index (χ1) is 52.6. The van der Waals surface area contributed by atoms with Gasteiger partial charge in [-0.1, -0.05) is 206 Å². The van der Waals surface area contributed by atoms with E-state index in [1.54, 1.807) is 18.7 Å². The van der Waals surface area contributed by atoms with Crippen molar-refractivity contribution in [2.45, 2.75) is 219 Å². The predicted octanol–water partition coefficient (Wildman–Crippen LogP) is 22.4. The molecule has 1 N–H and O–H groups in total. The smallest absolute Gasteiger partial charge is 0.265 e. The monoisotopic (exact) mass is 1630 g/mol. The molecule has 0 aliphatic carbocycles. The van der Waals surface area contributed by atoms with E-state index in [4.69, 9.17) is 0 Å². The fourth-order valence-corrected chi connectivity index (χ4v) is 12.3. The van der Waals surface area contributed by atoms with Gasteiger partial charge in [-0.3, -0.25) is 0 Å². The summed E-state index contributed by atoms with van der Waals surface area (Å²) in [6, 6.07) is 0. The molecule has 111 heavy (non-hydrogen) atoms. The number of imidazole rings is 1. The van der Waals surface area contributed by atoms with E-state index in [1.165, 1.54) is 219 Å². The van der Waals surface area contributed by atoms with Gasteiger partial charge in [0.1, 0.15) is 0 Å². The lowest BCUT2D eigenvalue weighted by atomic mass is 9.36. The van der Waals surface area contributed by atoms with Crippen LogP contribution in [0.1, 0.15) is 219 Å². The van der Waals surface area contributed by atoms with Crippen molar-refractivity contribution in [2.75, 3.05) is 20.1 Å². The largest absolute Gasteiger partial charge is 0.351 e. The number of aromatic nitrogens is 2. The maximum Gasteiger partial charge on any atom is 0.265 e. The van der Waals surface area contributed by atoms with Crippen LogP contribution in [0, 0.1) is 175 Å². The Kier molecular flexibility index (Phi) is 41.4. The highest BCUT2D eigenvalue weighted by Gasteiger charge is 2.47. The third-order valence-electron chi connectivity index (χ3n) is 18.4. The molecule has 0 spiro atoms. The zero-order valence-electron chi connectivity index (χ0n) is 60.7. The van der Waals surface area contributed by atoms with Crippen LogP contribution in [0.3, 0.4) is 0 Å². The van der Waals surface area contributed by atoms with Crippen LogP contribution in [-0.2, 0) is 0 Å². The molecule has 0 atom stereocenters. The van der Waals surface area contributed by atoms with Gasteiger partial charge in [0.2, 0.25) is 0 Å². The molecule has 0 saturated carbocycles. The van der Waals surface area contributed by atoms with E-state index in [0.717, 1.165) is 0 Å². The van der Waals surface area contributed by atoms with Crippen LogP contribution in [0.4, 0.5) is 132 Å². The maximum atomic E-state index is 14.4. The molecule has 0 radical (unpaired) electrons. The summed E-state index contributed by atoms with van der Waals surface area (Å²) in [5.74, 6) is -90.4. The molecular formula is C76H81B2F30N3. The van der Waals surface area contributed by atoms with E-state index in [9.17, 15) is 132 Å². The van der Waals surface area contributed by atoms with Gasteiger partial charge in [0.25, 0.3) is 13.4 Å². The van der Waals surface area contributed by atoms with Gasteiger partial charge in [-0.25, -0.2) is 137 Å². The standard InChI is InChI=1S/C37H77N.2C18BF15.C3H4N2/c1-4-6-8-10-12-14-16-18-20-22-24-26-28-30-32-34-36-38(3)37-35-33-31-29-27-25-23-21-19-17-15-13-11-9-7-5-2;2*20-4-1(5(21)11(27)16(32)10(4)26)19(2-6(22)12(28)17(33)13(29)7(2)23)3-8(24)14(30)18(34)15(31)9(3)25;1-2-5-3-4-1/h4-37H2,1-3H3;;;1-3H,(H,4,5). The van der Waals surface area contributed by atoms with Crippen LogP contribution in [0.2, 0.25) is 0 Å². The summed E-state index contributed by atoms with van der Waals surface area (Å²) in [7, 11) is 2.34. The summed E-state index contributed by atoms with van der Waals surface area (Å²) in [4.78, 5) is 9.01. The van der Waals surface area contributed by atoms with E-state index in [-0.39, 0.29) is 0 Å². The van der Waals surface area contributed by atoms with E-state index < -0.39 is 221 Å². The lowest BCUT2D eigenvalue weighted by Crippen LogP contribution is -2.60. The molecule has 616 valence electrons. The van der Waals surface area contributed by atoms with Crippen molar-refractivity contribution in [1.29, 1.82) is 0 Å². The van der Waals surface area contributed by atoms with Crippen LogP contribution in [0.15, 0.2) is 18.7 Å². The van der Waals surface area contributed by atoms with Crippen molar-refractivity contribution in [3.63, 3.8) is 0 Å². The van der Waals surface area contributed by atoms with E-state index in [0.29, 0.717) is 0 Å². The highest BCUT2D eigenvalue weighted by molar-refractivity contribution is 6.96. The number of benzene rings is 6. The zero-order valence-corrected chi connectivity index (χ0v) is 60.7. The molecule has 35 heteroatoms. The summed E-state index contributed by atoms with van der Waals surface area (Å²) in [6.45, 7) is -0.671. The van der Waals surface area contributed by atoms with Crippen LogP contribution >= 0.6 is 0 Å². The van der Waals surface area contributed by atoms with Gasteiger partial charge in [0.15, 0.2) is 175 Å². The summed E-state index contributed by atoms with van der Waals surface area (Å²) in [6.07, 6.45) is 51.9. The lowest BCUT2D eigenvalue weighted by molar-refractivity contribution is 0.314. The molecule has 0 saturated heterocycles. The topological polar surface area (TPSA) is 31.9 Å². The molecule has 0 fully saturated rings. The van der Waals surface area contributed by atoms with E-state index in [1.807, 2.05) is 0 Å². The second-order valence-corrected chi connectivity index (χ2v) is 26.4. The zero-order chi connectivity index (χ0) is 83.1. The number of rotatable bonds is 40. The average molecular weight is 1630 g/mol. The van der Waals surface area contributed by atoms with Crippen molar-refractivity contribution in [3.05, 3.63) is 193 Å². The van der Waals surface area contributed by atoms with Crippen LogP contribution in [0.5, 0.6) is 0 Å². The average Bonchev–Trinajstić information content (AvgIpc) is 0.833. The summed E-state index contributed by atoms with van der Waals surface area (Å²) >= 11 is 0. The fraction of sp³-hybridized carbons (Fsp3) is 0.487. The minimum Gasteiger partial charge on any atom is -0.351 e. The number of nitrogens with zero attached hydrogens (tertiary/aromatic N) is 2. The molecule has 0 aliphatic rings. The Balaban J connectivity index is 0.000000340. The number of aromatic amines is 1. The molecule has 0 amide bonds. The minimum absolute atomic E-state index is 1.32. The predicted molar refractivity (Wildman–Crippen MR) is 362 cm³/mol. The second-order valence-electron chi connectivity index (χ2n) is 26.4. The number of H-pyrrole nitrogens is 1. The molecule has 6 aromatic carbocycles. The number of unbranched alkanes of at least 4 members (excludes halogenated alkanes) is 30. The Hall–Kier alpha value is -7.48. The van der Waals surface area contributed by atoms with Gasteiger partial charge < -0.3 is 9.88 Å². The Morgan fingerprint density at radius 1 is 0.216 bits per heavy atom. The maximum absolute atomic E-state index is 14.4. The number of nitrogens with one attached hydrogen (secondary N) is 1. The Labute approximate surface area is 623 Å². The molecule has 3 nitrogen and oxygen atoms in total. The molecule has 7 rings (SSSR count). The van der Waals surface area contributed by atoms with E-state index in [2.05, 4.69) is 35.8 Å². The van der Waals surface area contributed by atoms with Gasteiger partial charge in [0, 0.05) is 45.2 Å². The SMILES string of the molecule is CCCCCCCCCCCCCCCCCCN(C)CCCCCCCCCCCCCCCCCC.Fc1c(F)c(F)c(B(c2c(F)c(F)c(F)c(F)c2F)c2c(F)c(F)c(F)c(F)c2F)c(F)c1F.Fc1c(F)c(F)c(B(c2c(F)c(F)c(F)c(F)c2F)c2c(F)c(F)c(F)c(F)c2F)c(F)c1F.c1c[nH]cn1. The Bertz CT molecular complexity index is 3340. The molecule has 0 bridgehead atoms. The van der Waals surface area contributed by atoms with Crippen molar-refractivity contribution in [3.8, 4) is 0 Å². The van der Waals surface area contributed by atoms with Gasteiger partial charge in [-0.15, -0.1) is 0 Å². The quantitative estimate of drug-likeness (QED) is 0.0136. The molecule has 0 aliphatic heterocycles. The number of halogens is 30. The normalized spacial score (nSPS) is 11.3. The minimum atomic E-state index is -3.96. The van der Waals surface area contributed by atoms with Crippen LogP contribution in [-0.4, -0.2) is 48.4 Å². The third kappa shape index (κ3) is 25.5. The second kappa shape index (κ2) is 47.9.